The van der Waals surface area contributed by atoms with E-state index < -0.39 is 0 Å². The summed E-state index contributed by atoms with van der Waals surface area (Å²) in [5, 5.41) is 2.04. The molecule has 0 N–H and O–H groups in total. The van der Waals surface area contributed by atoms with Crippen molar-refractivity contribution in [2.45, 2.75) is 39.2 Å². The van der Waals surface area contributed by atoms with Crippen molar-refractivity contribution in [1.82, 2.24) is 4.90 Å². The van der Waals surface area contributed by atoms with Crippen molar-refractivity contribution < 1.29 is 4.79 Å². The van der Waals surface area contributed by atoms with Crippen LogP contribution in [0.25, 0.3) is 0 Å². The van der Waals surface area contributed by atoms with Crippen LogP contribution >= 0.6 is 11.3 Å². The molecule has 1 rings (SSSR count). The van der Waals surface area contributed by atoms with E-state index in [0.29, 0.717) is 19.5 Å². The maximum absolute atomic E-state index is 12.0. The zero-order valence-corrected chi connectivity index (χ0v) is 11.3. The average Bonchev–Trinajstić information content (AvgIpc) is 2.81. The van der Waals surface area contributed by atoms with Gasteiger partial charge in [0.15, 0.2) is 0 Å². The maximum Gasteiger partial charge on any atom is 0.223 e. The second-order valence-electron chi connectivity index (χ2n) is 4.10. The summed E-state index contributed by atoms with van der Waals surface area (Å²) in [5.74, 6) is 0.242. The van der Waals surface area contributed by atoms with Gasteiger partial charge in [-0.1, -0.05) is 31.9 Å². The summed E-state index contributed by atoms with van der Waals surface area (Å²) in [6.45, 7) is 7.23. The van der Waals surface area contributed by atoms with Gasteiger partial charge in [0.2, 0.25) is 5.91 Å². The molecule has 0 radical (unpaired) electrons. The fourth-order valence-electron chi connectivity index (χ4n) is 1.69. The Morgan fingerprint density at radius 1 is 1.53 bits per heavy atom. The minimum Gasteiger partial charge on any atom is -0.334 e. The van der Waals surface area contributed by atoms with Gasteiger partial charge in [-0.25, -0.2) is 0 Å². The van der Waals surface area contributed by atoms with E-state index in [1.165, 1.54) is 4.88 Å². The third-order valence-corrected chi connectivity index (χ3v) is 3.48. The van der Waals surface area contributed by atoms with Gasteiger partial charge in [-0.3, -0.25) is 4.79 Å². The number of rotatable bonds is 8. The molecule has 17 heavy (non-hydrogen) atoms. The molecule has 1 amide bonds. The number of amides is 1. The van der Waals surface area contributed by atoms with Crippen molar-refractivity contribution in [3.63, 3.8) is 0 Å². The predicted octanol–water partition coefficient (Wildman–Crippen LogP) is 3.84. The lowest BCUT2D eigenvalue weighted by Crippen LogP contribution is -2.30. The number of unbranched alkanes of at least 4 members (excludes halogenated alkanes) is 2. The second-order valence-corrected chi connectivity index (χ2v) is 5.13. The summed E-state index contributed by atoms with van der Waals surface area (Å²) in [5.41, 5.74) is 0. The molecule has 0 unspecified atom stereocenters. The molecule has 3 heteroatoms. The molecule has 0 bridgehead atoms. The van der Waals surface area contributed by atoms with Crippen molar-refractivity contribution in [3.8, 4) is 0 Å². The van der Waals surface area contributed by atoms with E-state index in [-0.39, 0.29) is 5.91 Å². The fourth-order valence-corrected chi connectivity index (χ4v) is 2.40. The van der Waals surface area contributed by atoms with Crippen molar-refractivity contribution in [3.05, 3.63) is 35.0 Å². The molecule has 0 saturated heterocycles. The Kier molecular flexibility index (Phi) is 6.63. The van der Waals surface area contributed by atoms with Crippen molar-refractivity contribution in [2.24, 2.45) is 0 Å². The Morgan fingerprint density at radius 3 is 2.94 bits per heavy atom. The zero-order chi connectivity index (χ0) is 12.5. The minimum atomic E-state index is 0.242. The molecule has 0 spiro atoms. The predicted molar refractivity (Wildman–Crippen MR) is 74.1 cm³/mol. The van der Waals surface area contributed by atoms with Gasteiger partial charge in [0.25, 0.3) is 0 Å². The standard InChI is InChI=1S/C14H21NOS/c1-3-5-6-9-14(16)15(10-4-2)12-13-8-7-11-17-13/h4,7-8,11H,2-3,5-6,9-10,12H2,1H3. The number of hydrogen-bond donors (Lipinski definition) is 0. The Labute approximate surface area is 108 Å². The smallest absolute Gasteiger partial charge is 0.223 e. The van der Waals surface area contributed by atoms with Crippen LogP contribution in [0.15, 0.2) is 30.2 Å². The van der Waals surface area contributed by atoms with Crippen LogP contribution < -0.4 is 0 Å². The molecule has 1 heterocycles. The highest BCUT2D eigenvalue weighted by molar-refractivity contribution is 7.09. The van der Waals surface area contributed by atoms with Crippen LogP contribution in [0.3, 0.4) is 0 Å². The van der Waals surface area contributed by atoms with Crippen molar-refractivity contribution in [2.75, 3.05) is 6.54 Å². The number of nitrogens with zero attached hydrogens (tertiary/aromatic N) is 1. The third kappa shape index (κ3) is 5.18. The normalized spacial score (nSPS) is 10.2. The number of hydrogen-bond acceptors (Lipinski definition) is 2. The maximum atomic E-state index is 12.0. The summed E-state index contributed by atoms with van der Waals surface area (Å²) >= 11 is 1.69. The van der Waals surface area contributed by atoms with E-state index in [0.717, 1.165) is 19.3 Å². The monoisotopic (exact) mass is 251 g/mol. The first-order valence-corrected chi connectivity index (χ1v) is 7.07. The highest BCUT2D eigenvalue weighted by Crippen LogP contribution is 2.13. The molecule has 0 aliphatic rings. The van der Waals surface area contributed by atoms with Crippen LogP contribution in [0.1, 0.15) is 37.5 Å². The van der Waals surface area contributed by atoms with Crippen LogP contribution in [-0.2, 0) is 11.3 Å². The fraction of sp³-hybridized carbons (Fsp3) is 0.500. The molecule has 1 aromatic heterocycles. The molecule has 0 atom stereocenters. The minimum absolute atomic E-state index is 0.242. The van der Waals surface area contributed by atoms with Gasteiger partial charge in [0, 0.05) is 17.8 Å². The van der Waals surface area contributed by atoms with E-state index in [1.807, 2.05) is 16.3 Å². The quantitative estimate of drug-likeness (QED) is 0.508. The molecular formula is C14H21NOS. The van der Waals surface area contributed by atoms with Crippen molar-refractivity contribution in [1.29, 1.82) is 0 Å². The van der Waals surface area contributed by atoms with Gasteiger partial charge in [0.05, 0.1) is 6.54 Å². The Morgan fingerprint density at radius 2 is 2.35 bits per heavy atom. The Balaban J connectivity index is 2.46. The first kappa shape index (κ1) is 14.0. The summed E-state index contributed by atoms with van der Waals surface area (Å²) in [6, 6.07) is 4.09. The molecule has 0 aliphatic carbocycles. The SMILES string of the molecule is C=CCN(Cc1cccs1)C(=O)CCCCC. The van der Waals surface area contributed by atoms with Gasteiger partial charge < -0.3 is 4.90 Å². The summed E-state index contributed by atoms with van der Waals surface area (Å²) in [7, 11) is 0. The van der Waals surface area contributed by atoms with Crippen LogP contribution in [0.2, 0.25) is 0 Å². The highest BCUT2D eigenvalue weighted by atomic mass is 32.1. The summed E-state index contributed by atoms with van der Waals surface area (Å²) in [4.78, 5) is 15.1. The van der Waals surface area contributed by atoms with Crippen LogP contribution in [-0.4, -0.2) is 17.4 Å². The highest BCUT2D eigenvalue weighted by Gasteiger charge is 2.12. The Hall–Kier alpha value is -1.09. The molecule has 0 saturated carbocycles. The van der Waals surface area contributed by atoms with E-state index in [4.69, 9.17) is 0 Å². The summed E-state index contributed by atoms with van der Waals surface area (Å²) in [6.07, 6.45) is 5.73. The topological polar surface area (TPSA) is 20.3 Å². The molecule has 0 aliphatic heterocycles. The second kappa shape index (κ2) is 8.07. The molecule has 94 valence electrons. The van der Waals surface area contributed by atoms with Gasteiger partial charge in [-0.15, -0.1) is 17.9 Å². The number of carbonyl (C=O) groups excluding carboxylic acids is 1. The lowest BCUT2D eigenvalue weighted by Gasteiger charge is -2.20. The lowest BCUT2D eigenvalue weighted by atomic mass is 10.2. The first-order chi connectivity index (χ1) is 8.27. The third-order valence-electron chi connectivity index (χ3n) is 2.62. The van der Waals surface area contributed by atoms with Crippen LogP contribution in [0.4, 0.5) is 0 Å². The van der Waals surface area contributed by atoms with Gasteiger partial charge in [-0.2, -0.15) is 0 Å². The number of thiophene rings is 1. The molecular weight excluding hydrogens is 230 g/mol. The van der Waals surface area contributed by atoms with E-state index in [1.54, 1.807) is 17.4 Å². The lowest BCUT2D eigenvalue weighted by molar-refractivity contribution is -0.131. The van der Waals surface area contributed by atoms with Crippen LogP contribution in [0, 0.1) is 0 Å². The largest absolute Gasteiger partial charge is 0.334 e. The number of carbonyl (C=O) groups is 1. The van der Waals surface area contributed by atoms with Gasteiger partial charge in [-0.05, 0) is 17.9 Å². The van der Waals surface area contributed by atoms with E-state index in [2.05, 4.69) is 19.6 Å². The molecule has 2 nitrogen and oxygen atoms in total. The first-order valence-electron chi connectivity index (χ1n) is 6.19. The molecule has 1 aromatic rings. The van der Waals surface area contributed by atoms with E-state index in [9.17, 15) is 4.79 Å². The molecule has 0 fully saturated rings. The summed E-state index contributed by atoms with van der Waals surface area (Å²) < 4.78 is 0. The molecule has 0 aromatic carbocycles. The Bertz CT molecular complexity index is 332. The zero-order valence-electron chi connectivity index (χ0n) is 10.5. The van der Waals surface area contributed by atoms with Crippen molar-refractivity contribution >= 4 is 17.2 Å². The van der Waals surface area contributed by atoms with Crippen LogP contribution in [0.5, 0.6) is 0 Å². The van der Waals surface area contributed by atoms with Gasteiger partial charge >= 0.3 is 0 Å². The van der Waals surface area contributed by atoms with E-state index >= 15 is 0 Å². The van der Waals surface area contributed by atoms with Gasteiger partial charge in [0.1, 0.15) is 0 Å². The average molecular weight is 251 g/mol.